The van der Waals surface area contributed by atoms with Gasteiger partial charge >= 0.3 is 11.9 Å². The second kappa shape index (κ2) is 8.20. The number of unbranched alkanes of at least 4 members (excludes halogenated alkanes) is 1. The minimum atomic E-state index is -1.18. The molecular weight excluding hydrogens is 348 g/mol. The number of amides is 1. The zero-order valence-electron chi connectivity index (χ0n) is 14.6. The maximum absolute atomic E-state index is 12.1. The van der Waals surface area contributed by atoms with Crippen molar-refractivity contribution in [1.29, 1.82) is 0 Å². The quantitative estimate of drug-likeness (QED) is 0.342. The van der Waals surface area contributed by atoms with E-state index in [1.807, 2.05) is 6.92 Å². The number of β-lactam (4-membered cyclic amide) rings is 1. The Morgan fingerprint density at radius 1 is 1.44 bits per heavy atom. The predicted molar refractivity (Wildman–Crippen MR) is 91.4 cm³/mol. The van der Waals surface area contributed by atoms with Crippen LogP contribution in [0, 0.1) is 5.92 Å². The van der Waals surface area contributed by atoms with Crippen LogP contribution in [0.3, 0.4) is 0 Å². The number of aliphatic hydroxyl groups excluding tert-OH is 1. The van der Waals surface area contributed by atoms with Crippen molar-refractivity contribution in [1.82, 2.24) is 9.80 Å². The third kappa shape index (κ3) is 4.16. The molecule has 2 heterocycles. The molecule has 0 aromatic heterocycles. The lowest BCUT2D eigenvalue weighted by atomic mass is 9.92. The molecule has 0 radical (unpaired) electrons. The molecule has 0 aromatic rings. The minimum absolute atomic E-state index is 0.0408. The number of carboxylic acid groups (broad SMARTS) is 1. The summed E-state index contributed by atoms with van der Waals surface area (Å²) in [7, 11) is 1.69. The molecule has 2 aliphatic rings. The summed E-state index contributed by atoms with van der Waals surface area (Å²) in [6.45, 7) is 4.17. The maximum atomic E-state index is 12.1. The summed E-state index contributed by atoms with van der Waals surface area (Å²) in [6, 6.07) is 0. The molecule has 1 amide bonds. The Hall–Kier alpha value is -1.58. The number of fused-ring (bicyclic) bond motifs is 1. The average molecular weight is 372 g/mol. The topological polar surface area (TPSA) is 107 Å². The molecule has 0 saturated carbocycles. The number of carboxylic acids is 1. The normalized spacial score (nSPS) is 23.6. The number of hydrogen-bond donors (Lipinski definition) is 2. The van der Waals surface area contributed by atoms with Crippen LogP contribution in [-0.4, -0.2) is 76.1 Å². The Morgan fingerprint density at radius 3 is 2.68 bits per heavy atom. The van der Waals surface area contributed by atoms with Crippen LogP contribution in [0.4, 0.5) is 0 Å². The zero-order valence-corrected chi connectivity index (χ0v) is 15.4. The van der Waals surface area contributed by atoms with Crippen molar-refractivity contribution in [2.24, 2.45) is 5.92 Å². The van der Waals surface area contributed by atoms with Crippen molar-refractivity contribution in [3.63, 3.8) is 0 Å². The molecule has 9 heteroatoms. The van der Waals surface area contributed by atoms with Gasteiger partial charge in [-0.05, 0) is 20.4 Å². The molecule has 1 fully saturated rings. The summed E-state index contributed by atoms with van der Waals surface area (Å²) in [5.41, 5.74) is -0.0527. The first-order valence-electron chi connectivity index (χ1n) is 8.26. The van der Waals surface area contributed by atoms with E-state index in [2.05, 4.69) is 0 Å². The van der Waals surface area contributed by atoms with E-state index in [9.17, 15) is 24.6 Å². The van der Waals surface area contributed by atoms with Gasteiger partial charge in [0.2, 0.25) is 5.91 Å². The van der Waals surface area contributed by atoms with Crippen molar-refractivity contribution in [2.45, 2.75) is 38.2 Å². The molecular formula is C16H24N2O6S. The van der Waals surface area contributed by atoms with Gasteiger partial charge in [-0.25, -0.2) is 4.79 Å². The number of aliphatic hydroxyl groups is 1. The van der Waals surface area contributed by atoms with E-state index in [0.29, 0.717) is 11.5 Å². The van der Waals surface area contributed by atoms with Gasteiger partial charge in [0.15, 0.2) is 0 Å². The van der Waals surface area contributed by atoms with E-state index in [0.717, 1.165) is 12.8 Å². The van der Waals surface area contributed by atoms with Crippen molar-refractivity contribution >= 4 is 29.6 Å². The van der Waals surface area contributed by atoms with E-state index in [-0.39, 0.29) is 30.7 Å². The largest absolute Gasteiger partial charge is 0.477 e. The highest BCUT2D eigenvalue weighted by atomic mass is 32.2. The fourth-order valence-electron chi connectivity index (χ4n) is 2.86. The first-order chi connectivity index (χ1) is 11.8. The summed E-state index contributed by atoms with van der Waals surface area (Å²) in [5, 5.41) is 18.8. The molecule has 0 spiro atoms. The molecule has 1 saturated heterocycles. The van der Waals surface area contributed by atoms with Gasteiger partial charge in [0, 0.05) is 11.4 Å². The van der Waals surface area contributed by atoms with Gasteiger partial charge < -0.3 is 14.9 Å². The minimum Gasteiger partial charge on any atom is -0.477 e. The first-order valence-corrected chi connectivity index (χ1v) is 9.14. The number of nitrogens with zero attached hydrogens (tertiary/aromatic N) is 2. The number of ether oxygens (including phenoxy) is 1. The number of hydrogen-bond acceptors (Lipinski definition) is 7. The number of likely N-dealkylation sites (N-methyl/N-ethyl adjacent to an activating group) is 1. The number of carbonyl (C=O) groups excluding carboxylic acids is 2. The summed E-state index contributed by atoms with van der Waals surface area (Å²) < 4.78 is 5.09. The lowest BCUT2D eigenvalue weighted by molar-refractivity contribution is -0.156. The van der Waals surface area contributed by atoms with Gasteiger partial charge in [0.25, 0.3) is 0 Å². The van der Waals surface area contributed by atoms with Crippen molar-refractivity contribution in [3.05, 3.63) is 10.6 Å². The third-order valence-corrected chi connectivity index (χ3v) is 5.50. The molecule has 2 N–H and O–H groups in total. The molecule has 0 unspecified atom stereocenters. The van der Waals surface area contributed by atoms with Crippen LogP contribution >= 0.6 is 11.8 Å². The van der Waals surface area contributed by atoms with Gasteiger partial charge in [-0.1, -0.05) is 13.3 Å². The maximum Gasteiger partial charge on any atom is 0.353 e. The van der Waals surface area contributed by atoms with Crippen LogP contribution in [0.25, 0.3) is 0 Å². The second-order valence-electron chi connectivity index (χ2n) is 6.31. The summed E-state index contributed by atoms with van der Waals surface area (Å²) in [4.78, 5) is 38.8. The Balaban J connectivity index is 2.00. The Labute approximate surface area is 150 Å². The number of rotatable bonds is 9. The van der Waals surface area contributed by atoms with Gasteiger partial charge in [-0.15, -0.1) is 11.8 Å². The number of aliphatic carboxylic acids is 1. The molecule has 0 aromatic carbocycles. The van der Waals surface area contributed by atoms with E-state index in [1.165, 1.54) is 23.6 Å². The Kier molecular flexibility index (Phi) is 6.47. The van der Waals surface area contributed by atoms with Crippen LogP contribution in [-0.2, 0) is 19.1 Å². The second-order valence-corrected chi connectivity index (χ2v) is 7.52. The molecule has 2 rings (SSSR count). The lowest BCUT2D eigenvalue weighted by Gasteiger charge is -2.43. The van der Waals surface area contributed by atoms with Gasteiger partial charge in [-0.2, -0.15) is 0 Å². The average Bonchev–Trinajstić information content (AvgIpc) is 2.81. The molecule has 8 nitrogen and oxygen atoms in total. The van der Waals surface area contributed by atoms with Crippen LogP contribution in [0.2, 0.25) is 0 Å². The highest BCUT2D eigenvalue weighted by Gasteiger charge is 2.57. The van der Waals surface area contributed by atoms with Gasteiger partial charge in [-0.3, -0.25) is 19.4 Å². The van der Waals surface area contributed by atoms with Crippen LogP contribution in [0.1, 0.15) is 26.7 Å². The molecule has 3 atom stereocenters. The van der Waals surface area contributed by atoms with Crippen molar-refractivity contribution in [2.75, 3.05) is 26.7 Å². The van der Waals surface area contributed by atoms with Crippen molar-refractivity contribution in [3.8, 4) is 0 Å². The highest BCUT2D eigenvalue weighted by Crippen LogP contribution is 2.50. The number of esters is 1. The Morgan fingerprint density at radius 2 is 2.12 bits per heavy atom. The van der Waals surface area contributed by atoms with E-state index in [4.69, 9.17) is 4.74 Å². The third-order valence-electron chi connectivity index (χ3n) is 4.15. The SMILES string of the molecule is CCCCOC(=O)CN(C)CC1=C(C(=O)O)N2C(=O)[C@H]([C@@H](C)O)[C@H]2S1. The molecule has 2 aliphatic heterocycles. The summed E-state index contributed by atoms with van der Waals surface area (Å²) >= 11 is 1.26. The zero-order chi connectivity index (χ0) is 18.7. The fraction of sp³-hybridized carbons (Fsp3) is 0.688. The highest BCUT2D eigenvalue weighted by molar-refractivity contribution is 8.04. The summed E-state index contributed by atoms with van der Waals surface area (Å²) in [5.74, 6) is -2.51. The molecule has 25 heavy (non-hydrogen) atoms. The molecule has 140 valence electrons. The van der Waals surface area contributed by atoms with Crippen LogP contribution in [0.5, 0.6) is 0 Å². The standard InChI is InChI=1S/C16H24N2O6S/c1-4-5-6-24-11(20)8-17(3)7-10-13(16(22)23)18-14(21)12(9(2)19)15(18)25-10/h9,12,15,19H,4-8H2,1-3H3,(H,22,23)/t9-,12+,15-/m1/s1. The van der Waals surface area contributed by atoms with E-state index < -0.39 is 23.4 Å². The Bertz CT molecular complexity index is 591. The summed E-state index contributed by atoms with van der Waals surface area (Å²) in [6.07, 6.45) is 0.908. The molecule has 0 aliphatic carbocycles. The van der Waals surface area contributed by atoms with Crippen LogP contribution < -0.4 is 0 Å². The molecule has 0 bridgehead atoms. The van der Waals surface area contributed by atoms with E-state index >= 15 is 0 Å². The smallest absolute Gasteiger partial charge is 0.353 e. The fourth-order valence-corrected chi connectivity index (χ4v) is 4.55. The van der Waals surface area contributed by atoms with Gasteiger partial charge in [0.05, 0.1) is 25.2 Å². The van der Waals surface area contributed by atoms with Gasteiger partial charge in [0.1, 0.15) is 11.1 Å². The lowest BCUT2D eigenvalue weighted by Crippen LogP contribution is -2.60. The van der Waals surface area contributed by atoms with Crippen LogP contribution in [0.15, 0.2) is 10.6 Å². The first kappa shape index (κ1) is 19.7. The monoisotopic (exact) mass is 372 g/mol. The predicted octanol–water partition coefficient (Wildman–Crippen LogP) is 0.470. The van der Waals surface area contributed by atoms with Crippen molar-refractivity contribution < 1.29 is 29.3 Å². The number of carbonyl (C=O) groups is 3. The van der Waals surface area contributed by atoms with E-state index in [1.54, 1.807) is 11.9 Å². The number of thioether (sulfide) groups is 1.